The Balaban J connectivity index is 1.46. The summed E-state index contributed by atoms with van der Waals surface area (Å²) in [6.07, 6.45) is 13.7. The van der Waals surface area contributed by atoms with Gasteiger partial charge in [-0.25, -0.2) is 4.79 Å². The Bertz CT molecular complexity index is 2020. The summed E-state index contributed by atoms with van der Waals surface area (Å²) in [6, 6.07) is -1.25. The van der Waals surface area contributed by atoms with Crippen LogP contribution in [0.3, 0.4) is 0 Å². The molecule has 0 radical (unpaired) electrons. The van der Waals surface area contributed by atoms with Crippen molar-refractivity contribution >= 4 is 29.2 Å². The Morgan fingerprint density at radius 1 is 0.899 bits per heavy atom. The predicted octanol–water partition coefficient (Wildman–Crippen LogP) is 6.05. The van der Waals surface area contributed by atoms with Crippen LogP contribution < -0.4 is 0 Å². The number of piperidine rings is 1. The smallest absolute Gasteiger partial charge is 0.329 e. The Hall–Kier alpha value is -4.26. The number of nitrogens with zero attached hydrogens (tertiary/aromatic N) is 5. The lowest BCUT2D eigenvalue weighted by atomic mass is 9.78. The first-order valence-corrected chi connectivity index (χ1v) is 25.0. The van der Waals surface area contributed by atoms with Gasteiger partial charge in [0.1, 0.15) is 18.2 Å². The summed E-state index contributed by atoms with van der Waals surface area (Å²) in [5.74, 6) is -7.91. The van der Waals surface area contributed by atoms with Crippen molar-refractivity contribution in [1.29, 1.82) is 0 Å². The number of tetrazole rings is 1. The fourth-order valence-corrected chi connectivity index (χ4v) is 10.7. The molecule has 0 aromatic carbocycles. The van der Waals surface area contributed by atoms with Crippen molar-refractivity contribution in [1.82, 2.24) is 25.1 Å². The van der Waals surface area contributed by atoms with Gasteiger partial charge in [0, 0.05) is 58.5 Å². The molecule has 4 aliphatic rings. The molecule has 0 spiro atoms. The van der Waals surface area contributed by atoms with Crippen LogP contribution in [0.15, 0.2) is 53.9 Å². The van der Waals surface area contributed by atoms with Crippen LogP contribution in [-0.2, 0) is 47.7 Å². The molecule has 69 heavy (non-hydrogen) atoms. The van der Waals surface area contributed by atoms with Crippen LogP contribution in [0.1, 0.15) is 132 Å². The van der Waals surface area contributed by atoms with Gasteiger partial charge in [-0.2, -0.15) is 4.80 Å². The van der Waals surface area contributed by atoms with Gasteiger partial charge in [-0.1, -0.05) is 71.1 Å². The zero-order valence-electron chi connectivity index (χ0n) is 42.5. The number of fused-ring (bicyclic) bond motifs is 3. The second kappa shape index (κ2) is 25.7. The van der Waals surface area contributed by atoms with Crippen molar-refractivity contribution < 1.29 is 57.9 Å². The maximum Gasteiger partial charge on any atom is 0.329 e. The van der Waals surface area contributed by atoms with E-state index >= 15 is 0 Å². The fraction of sp³-hybridized carbons (Fsp3) is 0.731. The molecule has 1 aliphatic carbocycles. The van der Waals surface area contributed by atoms with Gasteiger partial charge in [0.25, 0.3) is 11.7 Å². The van der Waals surface area contributed by atoms with E-state index in [2.05, 4.69) is 15.4 Å². The third kappa shape index (κ3) is 14.2. The highest BCUT2D eigenvalue weighted by atomic mass is 16.6. The van der Waals surface area contributed by atoms with Crippen molar-refractivity contribution in [3.05, 3.63) is 53.9 Å². The number of aromatic nitrogens is 4. The average molecular weight is 966 g/mol. The SMILES string of the molecule is COC1C(=O)C(C)C[C@H](C)C=CC=CC=C(C)[C@@H](OC)C[C@@H]2CC[C@@H](C)C(O)(O2)C(=O)C(=O)N2CCCC[C@H]2C(=O)O[C@H]([C@H](C)C[C@@H]2CC[C@H](n3ncnn3)[C@H](OC)C2)CC(=O)/C(C)=C/C(C)[C@H]1O. The van der Waals surface area contributed by atoms with E-state index in [-0.39, 0.29) is 60.9 Å². The van der Waals surface area contributed by atoms with Crippen molar-refractivity contribution in [2.24, 2.45) is 35.5 Å². The van der Waals surface area contributed by atoms with Crippen molar-refractivity contribution in [3.63, 3.8) is 0 Å². The molecule has 17 heteroatoms. The number of methoxy groups -OCH3 is 3. The van der Waals surface area contributed by atoms with Crippen LogP contribution >= 0.6 is 0 Å². The van der Waals surface area contributed by atoms with E-state index in [9.17, 15) is 34.2 Å². The molecule has 4 heterocycles. The van der Waals surface area contributed by atoms with Crippen LogP contribution in [0.25, 0.3) is 0 Å². The first kappa shape index (κ1) is 55.7. The van der Waals surface area contributed by atoms with E-state index in [1.54, 1.807) is 45.9 Å². The minimum absolute atomic E-state index is 0.0195. The molecule has 1 aromatic heterocycles. The number of hydrogen-bond acceptors (Lipinski definition) is 15. The number of rotatable bonds is 7. The highest BCUT2D eigenvalue weighted by molar-refractivity contribution is 6.39. The maximum atomic E-state index is 14.5. The molecule has 2 bridgehead atoms. The lowest BCUT2D eigenvalue weighted by molar-refractivity contribution is -0.265. The highest BCUT2D eigenvalue weighted by Crippen LogP contribution is 2.39. The Labute approximate surface area is 408 Å². The molecule has 1 amide bonds. The standard InChI is InChI=1S/C52H79N5O12/c1-31-16-12-11-13-17-32(2)43(65-8)28-39-21-19-37(7)52(64,69-39)49(61)50(62)56-23-15-14-18-41(56)51(63)68-44(34(4)26-38-20-22-40(45(27-38)66-9)57-54-30-53-55-57)29-42(58)33(3)25-36(6)47(60)48(67-10)46(59)35(5)24-31/h11-13,16-17,25,30-31,34-41,43-45,47-48,60,64H,14-15,18-24,26-29H2,1-10H3/b13-11?,16-12?,32-17?,33-25+/t31-,34-,35?,36?,37-,38+,39+,40+,41+,43+,44+,45-,47-,48?,52?/m1/s1. The number of amides is 1. The molecule has 1 saturated carbocycles. The minimum atomic E-state index is -2.43. The van der Waals surface area contributed by atoms with Gasteiger partial charge in [0.15, 0.2) is 17.9 Å². The van der Waals surface area contributed by atoms with Crippen molar-refractivity contribution in [2.75, 3.05) is 27.9 Å². The van der Waals surface area contributed by atoms with E-state index in [4.69, 9.17) is 23.7 Å². The third-order valence-corrected chi connectivity index (χ3v) is 15.2. The summed E-state index contributed by atoms with van der Waals surface area (Å²) in [5.41, 5.74) is 1.20. The first-order chi connectivity index (χ1) is 32.8. The van der Waals surface area contributed by atoms with Gasteiger partial charge in [0.2, 0.25) is 5.79 Å². The zero-order valence-corrected chi connectivity index (χ0v) is 42.5. The van der Waals surface area contributed by atoms with E-state index < -0.39 is 77.8 Å². The number of carbonyl (C=O) groups excluding carboxylic acids is 5. The summed E-state index contributed by atoms with van der Waals surface area (Å²) in [4.78, 5) is 73.9. The van der Waals surface area contributed by atoms with Crippen LogP contribution in [0.2, 0.25) is 0 Å². The number of ketones is 3. The Kier molecular flexibility index (Phi) is 20.8. The number of aliphatic hydroxyl groups excluding tert-OH is 1. The largest absolute Gasteiger partial charge is 0.460 e. The van der Waals surface area contributed by atoms with Gasteiger partial charge >= 0.3 is 5.97 Å². The summed E-state index contributed by atoms with van der Waals surface area (Å²) >= 11 is 0. The number of aliphatic hydroxyl groups is 2. The average Bonchev–Trinajstić information content (AvgIpc) is 3.88. The van der Waals surface area contributed by atoms with Gasteiger partial charge < -0.3 is 38.8 Å². The van der Waals surface area contributed by atoms with Gasteiger partial charge in [-0.05, 0) is 112 Å². The minimum Gasteiger partial charge on any atom is -0.460 e. The number of cyclic esters (lactones) is 1. The Morgan fingerprint density at radius 3 is 2.33 bits per heavy atom. The maximum absolute atomic E-state index is 14.5. The molecule has 4 unspecified atom stereocenters. The number of carbonyl (C=O) groups is 5. The first-order valence-electron chi connectivity index (χ1n) is 25.0. The third-order valence-electron chi connectivity index (χ3n) is 15.2. The predicted molar refractivity (Wildman–Crippen MR) is 256 cm³/mol. The molecule has 15 atom stereocenters. The molecule has 3 fully saturated rings. The van der Waals surface area contributed by atoms with E-state index in [0.717, 1.165) is 18.4 Å². The van der Waals surface area contributed by atoms with E-state index in [1.807, 2.05) is 58.1 Å². The second-order valence-corrected chi connectivity index (χ2v) is 20.4. The van der Waals surface area contributed by atoms with Crippen LogP contribution in [0.5, 0.6) is 0 Å². The molecule has 2 saturated heterocycles. The van der Waals surface area contributed by atoms with Gasteiger partial charge in [-0.15, -0.1) is 10.2 Å². The zero-order chi connectivity index (χ0) is 50.6. The summed E-state index contributed by atoms with van der Waals surface area (Å²) in [7, 11) is 4.62. The molecular weight excluding hydrogens is 887 g/mol. The second-order valence-electron chi connectivity index (χ2n) is 20.4. The van der Waals surface area contributed by atoms with E-state index in [1.165, 1.54) is 18.3 Å². The van der Waals surface area contributed by atoms with Crippen molar-refractivity contribution in [2.45, 2.75) is 180 Å². The monoisotopic (exact) mass is 966 g/mol. The van der Waals surface area contributed by atoms with Crippen LogP contribution in [0.4, 0.5) is 0 Å². The van der Waals surface area contributed by atoms with Crippen LogP contribution in [-0.4, -0.2) is 141 Å². The number of Topliss-reactive ketones (excluding diaryl/α,β-unsaturated/α-hetero) is 3. The number of ether oxygens (including phenoxy) is 5. The highest BCUT2D eigenvalue weighted by Gasteiger charge is 2.53. The molecule has 384 valence electrons. The normalized spacial score (nSPS) is 37.1. The topological polar surface area (TPSA) is 219 Å². The van der Waals surface area contributed by atoms with Crippen LogP contribution in [0, 0.1) is 35.5 Å². The van der Waals surface area contributed by atoms with Gasteiger partial charge in [0.05, 0.1) is 30.5 Å². The summed E-state index contributed by atoms with van der Waals surface area (Å²) in [6.45, 7) is 12.8. The molecule has 3 aliphatic heterocycles. The van der Waals surface area contributed by atoms with E-state index in [0.29, 0.717) is 56.9 Å². The summed E-state index contributed by atoms with van der Waals surface area (Å²) in [5, 5.41) is 35.7. The number of hydrogen-bond donors (Lipinski definition) is 2. The Morgan fingerprint density at radius 2 is 1.65 bits per heavy atom. The quantitative estimate of drug-likeness (QED) is 0.235. The molecule has 1 aromatic rings. The molecule has 2 N–H and O–H groups in total. The molecule has 17 nitrogen and oxygen atoms in total. The lowest BCUT2D eigenvalue weighted by Crippen LogP contribution is -2.61. The lowest BCUT2D eigenvalue weighted by Gasteiger charge is -2.42. The molecular formula is C52H79N5O12. The van der Waals surface area contributed by atoms with Crippen molar-refractivity contribution in [3.8, 4) is 0 Å². The number of allylic oxidation sites excluding steroid dienone is 6. The molecule has 5 rings (SSSR count). The van der Waals surface area contributed by atoms with Gasteiger partial charge in [-0.3, -0.25) is 19.2 Å². The number of esters is 1. The summed E-state index contributed by atoms with van der Waals surface area (Å²) < 4.78 is 29.9. The fourth-order valence-electron chi connectivity index (χ4n) is 10.7.